The number of aryl methyl sites for hydroxylation is 2. The van der Waals surface area contributed by atoms with Crippen molar-refractivity contribution in [1.29, 1.82) is 0 Å². The van der Waals surface area contributed by atoms with E-state index in [9.17, 15) is 4.79 Å². The SMILES string of the molecule is Cc1cccc(CO[C@H]2CCOC3(C2)CN(C(=O)c2nc[nH]c2C)C3)n1. The average molecular weight is 356 g/mol. The fourth-order valence-corrected chi connectivity index (χ4v) is 3.75. The standard InChI is InChI=1S/C19H24N4O3/c1-13-4-3-5-15(22-13)9-25-16-6-7-26-19(8-16)10-23(11-19)18(24)17-14(2)20-12-21-17/h3-5,12,16H,6-11H2,1-2H3,(H,20,21)/t16-/m0/s1. The van der Waals surface area contributed by atoms with Crippen molar-refractivity contribution in [2.75, 3.05) is 19.7 Å². The van der Waals surface area contributed by atoms with Gasteiger partial charge >= 0.3 is 0 Å². The van der Waals surface area contributed by atoms with Crippen LogP contribution >= 0.6 is 0 Å². The molecule has 1 atom stereocenters. The second-order valence-electron chi connectivity index (χ2n) is 7.26. The number of aromatic nitrogens is 3. The summed E-state index contributed by atoms with van der Waals surface area (Å²) in [5.74, 6) is -0.0371. The van der Waals surface area contributed by atoms with E-state index >= 15 is 0 Å². The molecule has 26 heavy (non-hydrogen) atoms. The van der Waals surface area contributed by atoms with Gasteiger partial charge in [-0.25, -0.2) is 4.98 Å². The van der Waals surface area contributed by atoms with Crippen LogP contribution in [-0.4, -0.2) is 57.2 Å². The highest BCUT2D eigenvalue weighted by atomic mass is 16.5. The molecule has 1 N–H and O–H groups in total. The Morgan fingerprint density at radius 3 is 3.00 bits per heavy atom. The number of nitrogens with one attached hydrogen (secondary N) is 1. The molecule has 0 aliphatic carbocycles. The van der Waals surface area contributed by atoms with Crippen LogP contribution in [0.2, 0.25) is 0 Å². The fourth-order valence-electron chi connectivity index (χ4n) is 3.75. The minimum absolute atomic E-state index is 0.0371. The predicted octanol–water partition coefficient (Wildman–Crippen LogP) is 2.01. The Bertz CT molecular complexity index is 798. The molecule has 138 valence electrons. The third kappa shape index (κ3) is 3.37. The zero-order valence-corrected chi connectivity index (χ0v) is 15.2. The highest BCUT2D eigenvalue weighted by Gasteiger charge is 2.50. The highest BCUT2D eigenvalue weighted by molar-refractivity contribution is 5.94. The summed E-state index contributed by atoms with van der Waals surface area (Å²) in [6.07, 6.45) is 3.37. The first-order valence-corrected chi connectivity index (χ1v) is 9.02. The largest absolute Gasteiger partial charge is 0.372 e. The van der Waals surface area contributed by atoms with Crippen LogP contribution in [0.4, 0.5) is 0 Å². The number of pyridine rings is 1. The molecule has 2 saturated heterocycles. The second kappa shape index (κ2) is 6.81. The second-order valence-corrected chi connectivity index (χ2v) is 7.26. The summed E-state index contributed by atoms with van der Waals surface area (Å²) in [4.78, 5) is 25.9. The number of H-pyrrole nitrogens is 1. The lowest BCUT2D eigenvalue weighted by Crippen LogP contribution is -2.67. The number of carbonyl (C=O) groups excluding carboxylic acids is 1. The van der Waals surface area contributed by atoms with Crippen LogP contribution in [0, 0.1) is 13.8 Å². The number of hydrogen-bond acceptors (Lipinski definition) is 5. The van der Waals surface area contributed by atoms with Crippen molar-refractivity contribution >= 4 is 5.91 Å². The van der Waals surface area contributed by atoms with Crippen LogP contribution in [0.1, 0.15) is 40.4 Å². The van der Waals surface area contributed by atoms with Gasteiger partial charge in [0.05, 0.1) is 37.8 Å². The Morgan fingerprint density at radius 1 is 1.42 bits per heavy atom. The monoisotopic (exact) mass is 356 g/mol. The summed E-state index contributed by atoms with van der Waals surface area (Å²) in [5, 5.41) is 0. The Morgan fingerprint density at radius 2 is 2.27 bits per heavy atom. The smallest absolute Gasteiger partial charge is 0.274 e. The van der Waals surface area contributed by atoms with Crippen molar-refractivity contribution in [3.05, 3.63) is 47.3 Å². The van der Waals surface area contributed by atoms with Crippen molar-refractivity contribution in [3.8, 4) is 0 Å². The Hall–Kier alpha value is -2.25. The summed E-state index contributed by atoms with van der Waals surface area (Å²) in [7, 11) is 0. The molecule has 4 rings (SSSR count). The molecule has 1 amide bonds. The Balaban J connectivity index is 1.32. The summed E-state index contributed by atoms with van der Waals surface area (Å²) < 4.78 is 12.1. The number of ether oxygens (including phenoxy) is 2. The number of nitrogens with zero attached hydrogens (tertiary/aromatic N) is 3. The van der Waals surface area contributed by atoms with Crippen LogP contribution < -0.4 is 0 Å². The van der Waals surface area contributed by atoms with E-state index in [-0.39, 0.29) is 17.6 Å². The predicted molar refractivity (Wildman–Crippen MR) is 94.7 cm³/mol. The summed E-state index contributed by atoms with van der Waals surface area (Å²) in [6, 6.07) is 5.96. The minimum atomic E-state index is -0.275. The van der Waals surface area contributed by atoms with Gasteiger partial charge in [0.2, 0.25) is 0 Å². The first-order valence-electron chi connectivity index (χ1n) is 9.02. The third-order valence-electron chi connectivity index (χ3n) is 5.14. The van der Waals surface area contributed by atoms with Crippen LogP contribution in [0.3, 0.4) is 0 Å². The molecule has 7 heteroatoms. The molecule has 7 nitrogen and oxygen atoms in total. The van der Waals surface area contributed by atoms with Crippen molar-refractivity contribution < 1.29 is 14.3 Å². The maximum Gasteiger partial charge on any atom is 0.274 e. The topological polar surface area (TPSA) is 80.3 Å². The number of imidazole rings is 1. The zero-order valence-electron chi connectivity index (χ0n) is 15.2. The van der Waals surface area contributed by atoms with Gasteiger partial charge in [-0.3, -0.25) is 9.78 Å². The van der Waals surface area contributed by atoms with Gasteiger partial charge < -0.3 is 19.4 Å². The van der Waals surface area contributed by atoms with Crippen LogP contribution in [-0.2, 0) is 16.1 Å². The summed E-state index contributed by atoms with van der Waals surface area (Å²) in [6.45, 7) is 6.21. The Kier molecular flexibility index (Phi) is 4.50. The maximum absolute atomic E-state index is 12.5. The molecule has 4 heterocycles. The van der Waals surface area contributed by atoms with E-state index < -0.39 is 0 Å². The molecule has 0 aromatic carbocycles. The number of amides is 1. The molecule has 2 aromatic heterocycles. The van der Waals surface area contributed by atoms with E-state index in [1.807, 2.05) is 32.0 Å². The Labute approximate surface area is 152 Å². The maximum atomic E-state index is 12.5. The molecular weight excluding hydrogens is 332 g/mol. The number of aromatic amines is 1. The number of hydrogen-bond donors (Lipinski definition) is 1. The minimum Gasteiger partial charge on any atom is -0.372 e. The first kappa shape index (κ1) is 17.2. The van der Waals surface area contributed by atoms with Crippen molar-refractivity contribution in [2.45, 2.75) is 45.0 Å². The molecular formula is C19H24N4O3. The van der Waals surface area contributed by atoms with E-state index in [0.29, 0.717) is 32.0 Å². The zero-order chi connectivity index (χ0) is 18.1. The van der Waals surface area contributed by atoms with Gasteiger partial charge in [-0.05, 0) is 32.4 Å². The molecule has 1 spiro atoms. The van der Waals surface area contributed by atoms with Crippen LogP contribution in [0.5, 0.6) is 0 Å². The molecule has 2 aliphatic rings. The van der Waals surface area contributed by atoms with Crippen LogP contribution in [0.25, 0.3) is 0 Å². The van der Waals surface area contributed by atoms with Gasteiger partial charge in [0.15, 0.2) is 0 Å². The first-order chi connectivity index (χ1) is 12.5. The van der Waals surface area contributed by atoms with Gasteiger partial charge in [-0.2, -0.15) is 0 Å². The number of likely N-dealkylation sites (tertiary alicyclic amines) is 1. The molecule has 0 saturated carbocycles. The van der Waals surface area contributed by atoms with Gasteiger partial charge in [-0.1, -0.05) is 6.07 Å². The molecule has 0 bridgehead atoms. The highest BCUT2D eigenvalue weighted by Crippen LogP contribution is 2.36. The molecule has 2 aliphatic heterocycles. The lowest BCUT2D eigenvalue weighted by molar-refractivity contribution is -0.188. The van der Waals surface area contributed by atoms with E-state index in [0.717, 1.165) is 29.9 Å². The van der Waals surface area contributed by atoms with Crippen molar-refractivity contribution in [1.82, 2.24) is 19.9 Å². The summed E-state index contributed by atoms with van der Waals surface area (Å²) in [5.41, 5.74) is 2.96. The fraction of sp³-hybridized carbons (Fsp3) is 0.526. The van der Waals surface area contributed by atoms with Gasteiger partial charge in [0, 0.05) is 24.4 Å². The van der Waals surface area contributed by atoms with E-state index in [4.69, 9.17) is 9.47 Å². The van der Waals surface area contributed by atoms with E-state index in [1.165, 1.54) is 0 Å². The lowest BCUT2D eigenvalue weighted by atomic mass is 9.84. The summed E-state index contributed by atoms with van der Waals surface area (Å²) >= 11 is 0. The van der Waals surface area contributed by atoms with Crippen LogP contribution in [0.15, 0.2) is 24.5 Å². The molecule has 2 aromatic rings. The lowest BCUT2D eigenvalue weighted by Gasteiger charge is -2.52. The molecule has 0 radical (unpaired) electrons. The normalized spacial score (nSPS) is 21.6. The quantitative estimate of drug-likeness (QED) is 0.906. The van der Waals surface area contributed by atoms with E-state index in [2.05, 4.69) is 15.0 Å². The average Bonchev–Trinajstić information content (AvgIpc) is 3.03. The van der Waals surface area contributed by atoms with Gasteiger partial charge in [-0.15, -0.1) is 0 Å². The van der Waals surface area contributed by atoms with Crippen molar-refractivity contribution in [3.63, 3.8) is 0 Å². The number of carbonyl (C=O) groups is 1. The van der Waals surface area contributed by atoms with Gasteiger partial charge in [0.25, 0.3) is 5.91 Å². The van der Waals surface area contributed by atoms with Gasteiger partial charge in [0.1, 0.15) is 11.3 Å². The van der Waals surface area contributed by atoms with Crippen molar-refractivity contribution in [2.24, 2.45) is 0 Å². The molecule has 0 unspecified atom stereocenters. The number of rotatable bonds is 4. The molecule has 2 fully saturated rings. The third-order valence-corrected chi connectivity index (χ3v) is 5.14. The van der Waals surface area contributed by atoms with E-state index in [1.54, 1.807) is 11.2 Å².